The fourth-order valence-corrected chi connectivity index (χ4v) is 5.06. The SMILES string of the molecule is CCOc1ccc(/C(O)=C2\C(=O)C(=O)N(c3nc4ccc(C(=O)O)cc4s3)C2c2ccccn2)cc1. The number of ketones is 1. The fraction of sp³-hybridized carbons (Fsp3) is 0.115. The molecule has 1 aliphatic heterocycles. The number of carboxylic acid groups (broad SMARTS) is 1. The summed E-state index contributed by atoms with van der Waals surface area (Å²) >= 11 is 1.08. The van der Waals surface area contributed by atoms with E-state index < -0.39 is 23.7 Å². The van der Waals surface area contributed by atoms with Crippen molar-refractivity contribution >= 4 is 50.1 Å². The molecule has 9 nitrogen and oxygen atoms in total. The van der Waals surface area contributed by atoms with Crippen LogP contribution in [0.5, 0.6) is 5.75 Å². The van der Waals surface area contributed by atoms with E-state index in [1.807, 2.05) is 6.92 Å². The van der Waals surface area contributed by atoms with Crippen LogP contribution in [0.1, 0.15) is 34.6 Å². The zero-order valence-corrected chi connectivity index (χ0v) is 19.7. The molecule has 1 aliphatic rings. The zero-order valence-electron chi connectivity index (χ0n) is 18.9. The van der Waals surface area contributed by atoms with Crippen molar-refractivity contribution in [3.8, 4) is 5.75 Å². The van der Waals surface area contributed by atoms with Gasteiger partial charge < -0.3 is 14.9 Å². The molecule has 3 heterocycles. The van der Waals surface area contributed by atoms with E-state index in [9.17, 15) is 24.6 Å². The number of aromatic nitrogens is 2. The Morgan fingerprint density at radius 3 is 2.47 bits per heavy atom. The molecular formula is C26H19N3O6S. The van der Waals surface area contributed by atoms with Gasteiger partial charge in [0.25, 0.3) is 5.78 Å². The number of benzene rings is 2. The highest BCUT2D eigenvalue weighted by atomic mass is 32.1. The van der Waals surface area contributed by atoms with Crippen LogP contribution >= 0.6 is 11.3 Å². The van der Waals surface area contributed by atoms with Gasteiger partial charge in [-0.2, -0.15) is 0 Å². The molecular weight excluding hydrogens is 482 g/mol. The van der Waals surface area contributed by atoms with Crippen LogP contribution in [0.15, 0.2) is 72.4 Å². The fourth-order valence-electron chi connectivity index (χ4n) is 4.03. The second kappa shape index (κ2) is 9.23. The van der Waals surface area contributed by atoms with Crippen LogP contribution in [0.2, 0.25) is 0 Å². The number of ether oxygens (including phenoxy) is 1. The standard InChI is InChI=1S/C26H19N3O6S/c1-2-35-16-9-6-14(7-10-16)22(30)20-21(18-5-3-4-12-27-18)29(24(32)23(20)31)26-28-17-11-8-15(25(33)34)13-19(17)36-26/h3-13,21,30H,2H2,1H3,(H,33,34)/b22-20+. The second-order valence-electron chi connectivity index (χ2n) is 7.87. The maximum absolute atomic E-state index is 13.3. The smallest absolute Gasteiger partial charge is 0.335 e. The molecule has 5 rings (SSSR count). The molecule has 10 heteroatoms. The average Bonchev–Trinajstić information content (AvgIpc) is 3.42. The minimum Gasteiger partial charge on any atom is -0.507 e. The highest BCUT2D eigenvalue weighted by Crippen LogP contribution is 2.43. The number of pyridine rings is 1. The summed E-state index contributed by atoms with van der Waals surface area (Å²) in [4.78, 5) is 47.9. The van der Waals surface area contributed by atoms with Gasteiger partial charge in [-0.3, -0.25) is 19.5 Å². The van der Waals surface area contributed by atoms with Crippen molar-refractivity contribution in [3.63, 3.8) is 0 Å². The van der Waals surface area contributed by atoms with Crippen molar-refractivity contribution < 1.29 is 29.3 Å². The van der Waals surface area contributed by atoms with Crippen LogP contribution in [0.4, 0.5) is 5.13 Å². The molecule has 0 aliphatic carbocycles. The lowest BCUT2D eigenvalue weighted by atomic mass is 9.98. The maximum Gasteiger partial charge on any atom is 0.335 e. The summed E-state index contributed by atoms with van der Waals surface area (Å²) in [6, 6.07) is 15.0. The number of hydrogen-bond acceptors (Lipinski definition) is 8. The van der Waals surface area contributed by atoms with Crippen molar-refractivity contribution in [2.75, 3.05) is 11.5 Å². The van der Waals surface area contributed by atoms with Crippen LogP contribution < -0.4 is 9.64 Å². The molecule has 0 saturated carbocycles. The molecule has 1 saturated heterocycles. The minimum atomic E-state index is -1.09. The lowest BCUT2D eigenvalue weighted by molar-refractivity contribution is -0.132. The number of thiazole rings is 1. The molecule has 0 radical (unpaired) electrons. The van der Waals surface area contributed by atoms with Gasteiger partial charge in [-0.25, -0.2) is 9.78 Å². The van der Waals surface area contributed by atoms with Gasteiger partial charge in [-0.05, 0) is 61.5 Å². The number of Topliss-reactive ketones (excluding diaryl/α,β-unsaturated/α-hetero) is 1. The van der Waals surface area contributed by atoms with Gasteiger partial charge in [0.05, 0.1) is 33.7 Å². The highest BCUT2D eigenvalue weighted by Gasteiger charge is 2.48. The molecule has 1 amide bonds. The van der Waals surface area contributed by atoms with Crippen LogP contribution in [0.3, 0.4) is 0 Å². The minimum absolute atomic E-state index is 0.0801. The van der Waals surface area contributed by atoms with E-state index in [0.29, 0.717) is 33.8 Å². The van der Waals surface area contributed by atoms with Gasteiger partial charge in [0.1, 0.15) is 17.6 Å². The van der Waals surface area contributed by atoms with Gasteiger partial charge in [-0.1, -0.05) is 17.4 Å². The summed E-state index contributed by atoms with van der Waals surface area (Å²) in [5.41, 5.74) is 1.15. The number of aromatic carboxylic acids is 1. The van der Waals surface area contributed by atoms with E-state index in [1.165, 1.54) is 23.2 Å². The van der Waals surface area contributed by atoms with E-state index >= 15 is 0 Å². The number of aliphatic hydroxyl groups is 1. The van der Waals surface area contributed by atoms with Crippen molar-refractivity contribution in [1.29, 1.82) is 0 Å². The molecule has 2 aromatic heterocycles. The molecule has 2 aromatic carbocycles. The quantitative estimate of drug-likeness (QED) is 0.226. The van der Waals surface area contributed by atoms with Gasteiger partial charge in [0, 0.05) is 11.8 Å². The van der Waals surface area contributed by atoms with E-state index in [4.69, 9.17) is 4.74 Å². The molecule has 180 valence electrons. The summed E-state index contributed by atoms with van der Waals surface area (Å²) in [7, 11) is 0. The number of aliphatic hydroxyl groups excluding tert-OH is 1. The highest BCUT2D eigenvalue weighted by molar-refractivity contribution is 7.22. The normalized spacial score (nSPS) is 17.0. The first-order valence-corrected chi connectivity index (χ1v) is 11.8. The number of carboxylic acids is 1. The third kappa shape index (κ3) is 3.97. The average molecular weight is 502 g/mol. The van der Waals surface area contributed by atoms with E-state index in [2.05, 4.69) is 9.97 Å². The Hall–Kier alpha value is -4.57. The zero-order chi connectivity index (χ0) is 25.4. The second-order valence-corrected chi connectivity index (χ2v) is 8.87. The van der Waals surface area contributed by atoms with Gasteiger partial charge in [0.15, 0.2) is 5.13 Å². The lowest BCUT2D eigenvalue weighted by Crippen LogP contribution is -2.29. The first-order chi connectivity index (χ1) is 17.4. The predicted molar refractivity (Wildman–Crippen MR) is 133 cm³/mol. The monoisotopic (exact) mass is 501 g/mol. The Morgan fingerprint density at radius 1 is 1.06 bits per heavy atom. The molecule has 4 aromatic rings. The summed E-state index contributed by atoms with van der Waals surface area (Å²) in [5.74, 6) is -2.57. The lowest BCUT2D eigenvalue weighted by Gasteiger charge is -2.21. The van der Waals surface area contributed by atoms with Crippen LogP contribution in [-0.4, -0.2) is 44.4 Å². The number of amides is 1. The topological polar surface area (TPSA) is 130 Å². The molecule has 1 unspecified atom stereocenters. The number of hydrogen-bond donors (Lipinski definition) is 2. The van der Waals surface area contributed by atoms with E-state index in [-0.39, 0.29) is 22.0 Å². The number of fused-ring (bicyclic) bond motifs is 1. The van der Waals surface area contributed by atoms with E-state index in [1.54, 1.807) is 48.5 Å². The summed E-state index contributed by atoms with van der Waals surface area (Å²) < 4.78 is 5.98. The molecule has 2 N–H and O–H groups in total. The van der Waals surface area contributed by atoms with Crippen molar-refractivity contribution in [2.45, 2.75) is 13.0 Å². The number of carbonyl (C=O) groups excluding carboxylic acids is 2. The number of rotatable bonds is 6. The Kier molecular flexibility index (Phi) is 5.95. The van der Waals surface area contributed by atoms with E-state index in [0.717, 1.165) is 11.3 Å². The summed E-state index contributed by atoms with van der Waals surface area (Å²) in [5, 5.41) is 20.7. The molecule has 1 atom stereocenters. The Balaban J connectivity index is 1.66. The van der Waals surface area contributed by atoms with Crippen molar-refractivity contribution in [3.05, 3.63) is 89.3 Å². The Bertz CT molecular complexity index is 1530. The molecule has 0 spiro atoms. The first-order valence-electron chi connectivity index (χ1n) is 11.0. The van der Waals surface area contributed by atoms with Gasteiger partial charge in [0.2, 0.25) is 0 Å². The Labute approximate surface area is 208 Å². The molecule has 0 bridgehead atoms. The van der Waals surface area contributed by atoms with Crippen LogP contribution in [0, 0.1) is 0 Å². The molecule has 1 fully saturated rings. The largest absolute Gasteiger partial charge is 0.507 e. The number of anilines is 1. The third-order valence-electron chi connectivity index (χ3n) is 5.68. The first kappa shape index (κ1) is 23.2. The third-order valence-corrected chi connectivity index (χ3v) is 6.70. The van der Waals surface area contributed by atoms with Gasteiger partial charge >= 0.3 is 11.9 Å². The summed E-state index contributed by atoms with van der Waals surface area (Å²) in [6.45, 7) is 2.33. The van der Waals surface area contributed by atoms with Gasteiger partial charge in [-0.15, -0.1) is 0 Å². The number of carbonyl (C=O) groups is 3. The maximum atomic E-state index is 13.3. The summed E-state index contributed by atoms with van der Waals surface area (Å²) in [6.07, 6.45) is 1.53. The van der Waals surface area contributed by atoms with Crippen molar-refractivity contribution in [2.24, 2.45) is 0 Å². The Morgan fingerprint density at radius 2 is 1.81 bits per heavy atom. The van der Waals surface area contributed by atoms with Crippen LogP contribution in [-0.2, 0) is 9.59 Å². The molecule has 36 heavy (non-hydrogen) atoms. The van der Waals surface area contributed by atoms with Crippen LogP contribution in [0.25, 0.3) is 16.0 Å². The van der Waals surface area contributed by atoms with Crippen molar-refractivity contribution in [1.82, 2.24) is 9.97 Å². The number of nitrogens with zero attached hydrogens (tertiary/aromatic N) is 3. The predicted octanol–water partition coefficient (Wildman–Crippen LogP) is 4.41.